The Morgan fingerprint density at radius 2 is 1.78 bits per heavy atom. The standard InChI is InChI=1S/C41H40Cl2N6O6/c1-6-41-22-11-7-10-21(32(22)51)20-9-8-12-24-27(20)28(35(42)45-24)33-36(43)49-40(54-33)31-34(41)55-39(48-31)30(18(4)5)47-37(52)25(46-38(53)29(44)17(2)3)16-19-13-14-26(50)23(41)15-19/h7-15,17-18,25,29-30,45,50-51H,6,16,44H2,1-5H3,(H,46,53)(H,47,52)/t25-,29?,30-,41+/m0/s1. The van der Waals surface area contributed by atoms with E-state index in [1.165, 1.54) is 6.07 Å². The van der Waals surface area contributed by atoms with Gasteiger partial charge in [0.05, 0.1) is 17.0 Å². The molecule has 3 aromatic heterocycles. The molecule has 0 radical (unpaired) electrons. The predicted octanol–water partition coefficient (Wildman–Crippen LogP) is 7.76. The number of benzene rings is 3. The second-order valence-electron chi connectivity index (χ2n) is 15.0. The summed E-state index contributed by atoms with van der Waals surface area (Å²) in [6.45, 7) is 9.38. The number of nitrogens with zero attached hydrogens (tertiary/aromatic N) is 2. The van der Waals surface area contributed by atoms with Gasteiger partial charge in [0.15, 0.2) is 22.4 Å². The van der Waals surface area contributed by atoms with Crippen LogP contribution < -0.4 is 16.4 Å². The third-order valence-electron chi connectivity index (χ3n) is 11.0. The highest BCUT2D eigenvalue weighted by molar-refractivity contribution is 6.37. The maximum atomic E-state index is 14.2. The number of nitrogens with two attached hydrogens (primary N) is 1. The van der Waals surface area contributed by atoms with Gasteiger partial charge in [-0.1, -0.05) is 100 Å². The lowest BCUT2D eigenvalue weighted by atomic mass is 9.68. The Morgan fingerprint density at radius 3 is 2.51 bits per heavy atom. The molecule has 284 valence electrons. The molecule has 0 aliphatic carbocycles. The number of H-pyrrole nitrogens is 1. The number of amides is 2. The molecule has 5 heterocycles. The molecule has 55 heavy (non-hydrogen) atoms. The van der Waals surface area contributed by atoms with Crippen LogP contribution in [0.15, 0.2) is 63.4 Å². The molecule has 2 amide bonds. The van der Waals surface area contributed by atoms with E-state index in [1.54, 1.807) is 24.3 Å². The summed E-state index contributed by atoms with van der Waals surface area (Å²) in [6.07, 6.45) is 0.292. The quantitative estimate of drug-likeness (QED) is 0.101. The van der Waals surface area contributed by atoms with Crippen LogP contribution in [0.2, 0.25) is 10.3 Å². The molecule has 2 aliphatic heterocycles. The van der Waals surface area contributed by atoms with Crippen molar-refractivity contribution in [3.63, 3.8) is 0 Å². The van der Waals surface area contributed by atoms with Gasteiger partial charge in [0.1, 0.15) is 28.7 Å². The number of hydrogen-bond acceptors (Lipinski definition) is 9. The zero-order valence-corrected chi connectivity index (χ0v) is 32.3. The van der Waals surface area contributed by atoms with Gasteiger partial charge < -0.3 is 40.4 Å². The summed E-state index contributed by atoms with van der Waals surface area (Å²) in [4.78, 5) is 40.4. The first kappa shape index (κ1) is 36.7. The van der Waals surface area contributed by atoms with Crippen molar-refractivity contribution in [2.24, 2.45) is 17.6 Å². The smallest absolute Gasteiger partial charge is 0.250 e. The van der Waals surface area contributed by atoms with Crippen molar-refractivity contribution in [3.05, 3.63) is 93.2 Å². The number of aromatic nitrogens is 3. The van der Waals surface area contributed by atoms with Crippen LogP contribution in [-0.2, 0) is 21.4 Å². The lowest BCUT2D eigenvalue weighted by molar-refractivity contribution is -0.130. The van der Waals surface area contributed by atoms with Gasteiger partial charge in [0.25, 0.3) is 5.89 Å². The lowest BCUT2D eigenvalue weighted by Gasteiger charge is -2.35. The second-order valence-corrected chi connectivity index (χ2v) is 15.7. The number of aromatic hydroxyl groups is 2. The van der Waals surface area contributed by atoms with Gasteiger partial charge in [-0.2, -0.15) is 4.98 Å². The Labute approximate surface area is 326 Å². The number of carbonyl (C=O) groups is 2. The molecule has 0 saturated carbocycles. The Hall–Kier alpha value is -5.30. The summed E-state index contributed by atoms with van der Waals surface area (Å²) in [7, 11) is 0. The molecule has 2 aliphatic rings. The number of para-hydroxylation sites is 1. The third-order valence-corrected chi connectivity index (χ3v) is 11.5. The largest absolute Gasteiger partial charge is 0.508 e. The van der Waals surface area contributed by atoms with Crippen molar-refractivity contribution in [1.29, 1.82) is 0 Å². The minimum Gasteiger partial charge on any atom is -0.508 e. The van der Waals surface area contributed by atoms with Crippen LogP contribution in [0, 0.1) is 11.8 Å². The van der Waals surface area contributed by atoms with Gasteiger partial charge in [-0.15, -0.1) is 0 Å². The van der Waals surface area contributed by atoms with E-state index < -0.39 is 35.4 Å². The molecule has 1 unspecified atom stereocenters. The number of rotatable bonds is 5. The minimum absolute atomic E-state index is 0.00546. The molecule has 12 nitrogen and oxygen atoms in total. The number of aromatic amines is 1. The van der Waals surface area contributed by atoms with Crippen LogP contribution in [0.4, 0.5) is 0 Å². The molecule has 3 aromatic carbocycles. The zero-order chi connectivity index (χ0) is 39.1. The number of halogens is 2. The lowest BCUT2D eigenvalue weighted by Crippen LogP contribution is -2.54. The van der Waals surface area contributed by atoms with Gasteiger partial charge in [-0.25, -0.2) is 4.98 Å². The fourth-order valence-corrected chi connectivity index (χ4v) is 8.48. The third kappa shape index (κ3) is 5.68. The number of hydrogen-bond donors (Lipinski definition) is 6. The van der Waals surface area contributed by atoms with Crippen molar-refractivity contribution in [2.45, 2.75) is 71.0 Å². The number of carbonyl (C=O) groups excluding carboxylic acids is 2. The van der Waals surface area contributed by atoms with E-state index in [4.69, 9.17) is 42.8 Å². The van der Waals surface area contributed by atoms with Crippen molar-refractivity contribution < 1.29 is 28.6 Å². The summed E-state index contributed by atoms with van der Waals surface area (Å²) in [5, 5.41) is 31.4. The summed E-state index contributed by atoms with van der Waals surface area (Å²) in [6, 6.07) is 13.3. The topological polar surface area (TPSA) is 193 Å². The normalized spacial score (nSPS) is 19.6. The molecule has 7 N–H and O–H groups in total. The van der Waals surface area contributed by atoms with E-state index >= 15 is 0 Å². The number of phenolic OH excluding ortho intramolecular Hbond substituents is 2. The number of phenols is 2. The first-order chi connectivity index (χ1) is 26.2. The Morgan fingerprint density at radius 1 is 1.04 bits per heavy atom. The SMILES string of the molecule is CC[C@@]12c3cc(ccc3O)C[C@H](NC(=O)C(N)C(C)C)C(=O)N[C@@H](C(C)C)c3nc(c1o3)-c1nc(Cl)c(o1)-c1c(Cl)[nH]c3cccc(c13)-c1cccc2c1O. The first-order valence-electron chi connectivity index (χ1n) is 18.2. The summed E-state index contributed by atoms with van der Waals surface area (Å²) >= 11 is 13.8. The number of oxazole rings is 2. The van der Waals surface area contributed by atoms with E-state index in [-0.39, 0.29) is 75.5 Å². The van der Waals surface area contributed by atoms with Crippen molar-refractivity contribution in [2.75, 3.05) is 0 Å². The average Bonchev–Trinajstić information content (AvgIpc) is 3.85. The second kappa shape index (κ2) is 13.5. The molecule has 0 fully saturated rings. The van der Waals surface area contributed by atoms with Crippen LogP contribution in [0.5, 0.6) is 11.5 Å². The van der Waals surface area contributed by atoms with Gasteiger partial charge in [0.2, 0.25) is 17.7 Å². The van der Waals surface area contributed by atoms with Crippen LogP contribution >= 0.6 is 23.2 Å². The van der Waals surface area contributed by atoms with E-state index in [1.807, 2.05) is 58.9 Å². The highest BCUT2D eigenvalue weighted by Gasteiger charge is 2.48. The molecule has 8 rings (SSSR count). The molecule has 0 spiro atoms. The van der Waals surface area contributed by atoms with Gasteiger partial charge >= 0.3 is 0 Å². The average molecular weight is 784 g/mol. The van der Waals surface area contributed by atoms with E-state index in [9.17, 15) is 19.8 Å². The first-order valence-corrected chi connectivity index (χ1v) is 19.0. The fraction of sp³-hybridized carbons (Fsp3) is 0.317. The Bertz CT molecular complexity index is 2520. The highest BCUT2D eigenvalue weighted by atomic mass is 35.5. The molecule has 14 heteroatoms. The van der Waals surface area contributed by atoms with E-state index in [0.29, 0.717) is 44.3 Å². The Balaban J connectivity index is 1.49. The maximum absolute atomic E-state index is 14.2. The van der Waals surface area contributed by atoms with Crippen LogP contribution in [0.25, 0.3) is 44.9 Å². The predicted molar refractivity (Wildman–Crippen MR) is 209 cm³/mol. The summed E-state index contributed by atoms with van der Waals surface area (Å²) in [5.74, 6) is -1.12. The highest BCUT2D eigenvalue weighted by Crippen LogP contribution is 2.55. The summed E-state index contributed by atoms with van der Waals surface area (Å²) in [5.41, 5.74) is 8.52. The fourth-order valence-electron chi connectivity index (χ4n) is 7.99. The maximum Gasteiger partial charge on any atom is 0.250 e. The van der Waals surface area contributed by atoms with Crippen LogP contribution in [-0.4, -0.2) is 49.1 Å². The molecule has 6 aromatic rings. The van der Waals surface area contributed by atoms with E-state index in [2.05, 4.69) is 20.6 Å². The number of nitrogens with one attached hydrogen (secondary N) is 3. The molecular weight excluding hydrogens is 743 g/mol. The van der Waals surface area contributed by atoms with Crippen LogP contribution in [0.3, 0.4) is 0 Å². The monoisotopic (exact) mass is 782 g/mol. The number of fused-ring (bicyclic) bond motifs is 12. The van der Waals surface area contributed by atoms with Crippen molar-refractivity contribution in [1.82, 2.24) is 25.6 Å². The zero-order valence-electron chi connectivity index (χ0n) is 30.8. The van der Waals surface area contributed by atoms with E-state index in [0.717, 1.165) is 0 Å². The molecule has 8 bridgehead atoms. The van der Waals surface area contributed by atoms with Crippen molar-refractivity contribution in [3.8, 4) is 45.5 Å². The minimum atomic E-state index is -1.45. The molecule has 4 atom stereocenters. The molecular formula is C41H40Cl2N6O6. The Kier molecular flexibility index (Phi) is 8.98. The van der Waals surface area contributed by atoms with Gasteiger partial charge in [-0.3, -0.25) is 9.59 Å². The van der Waals surface area contributed by atoms with Crippen molar-refractivity contribution >= 4 is 45.9 Å². The molecule has 0 saturated heterocycles. The van der Waals surface area contributed by atoms with Gasteiger partial charge in [-0.05, 0) is 41.5 Å². The van der Waals surface area contributed by atoms with Crippen LogP contribution in [0.1, 0.15) is 75.4 Å². The van der Waals surface area contributed by atoms with Gasteiger partial charge in [0, 0.05) is 34.0 Å². The summed E-state index contributed by atoms with van der Waals surface area (Å²) < 4.78 is 13.4.